The summed E-state index contributed by atoms with van der Waals surface area (Å²) in [5.74, 6) is 0.563. The molecule has 1 amide bonds. The molecular weight excluding hydrogens is 232 g/mol. The third-order valence-electron chi connectivity index (χ3n) is 2.66. The number of ether oxygens (including phenoxy) is 2. The number of nitrogens with one attached hydrogen (secondary N) is 1. The largest absolute Gasteiger partial charge is 0.497 e. The summed E-state index contributed by atoms with van der Waals surface area (Å²) < 4.78 is 9.92. The normalized spacial score (nSPS) is 13.8. The highest BCUT2D eigenvalue weighted by atomic mass is 16.5. The van der Waals surface area contributed by atoms with Crippen LogP contribution in [0.25, 0.3) is 0 Å². The lowest BCUT2D eigenvalue weighted by atomic mass is 10.1. The van der Waals surface area contributed by atoms with Gasteiger partial charge in [0.15, 0.2) is 0 Å². The second-order valence-electron chi connectivity index (χ2n) is 4.07. The van der Waals surface area contributed by atoms with Gasteiger partial charge in [-0.15, -0.1) is 0 Å². The number of methoxy groups -OCH3 is 2. The lowest BCUT2D eigenvalue weighted by molar-refractivity contribution is -0.124. The molecule has 0 fully saturated rings. The van der Waals surface area contributed by atoms with Gasteiger partial charge in [-0.1, -0.05) is 12.1 Å². The molecule has 5 heteroatoms. The lowest BCUT2D eigenvalue weighted by Crippen LogP contribution is -2.44. The molecule has 0 saturated heterocycles. The molecule has 0 aliphatic heterocycles. The zero-order valence-electron chi connectivity index (χ0n) is 11.0. The molecule has 0 radical (unpaired) electrons. The fraction of sp³-hybridized carbons (Fsp3) is 0.462. The van der Waals surface area contributed by atoms with Crippen LogP contribution < -0.4 is 15.8 Å². The van der Waals surface area contributed by atoms with Crippen LogP contribution in [0.3, 0.4) is 0 Å². The number of nitrogens with two attached hydrogens (primary N) is 1. The Morgan fingerprint density at radius 2 is 1.94 bits per heavy atom. The molecule has 5 nitrogen and oxygen atoms in total. The quantitative estimate of drug-likeness (QED) is 0.787. The topological polar surface area (TPSA) is 73.6 Å². The van der Waals surface area contributed by atoms with Crippen LogP contribution in [-0.2, 0) is 9.53 Å². The molecule has 0 aromatic heterocycles. The van der Waals surface area contributed by atoms with Gasteiger partial charge in [-0.25, -0.2) is 0 Å². The zero-order valence-corrected chi connectivity index (χ0v) is 11.0. The maximum atomic E-state index is 11.7. The van der Waals surface area contributed by atoms with E-state index in [1.807, 2.05) is 31.2 Å². The minimum absolute atomic E-state index is 0.105. The first kappa shape index (κ1) is 14.5. The highest BCUT2D eigenvalue weighted by molar-refractivity contribution is 5.82. The van der Waals surface area contributed by atoms with E-state index in [0.717, 1.165) is 11.3 Å². The number of rotatable bonds is 6. The monoisotopic (exact) mass is 252 g/mol. The van der Waals surface area contributed by atoms with Crippen molar-refractivity contribution in [3.05, 3.63) is 29.8 Å². The van der Waals surface area contributed by atoms with Crippen LogP contribution in [0.15, 0.2) is 24.3 Å². The number of carbonyl (C=O) groups is 1. The summed E-state index contributed by atoms with van der Waals surface area (Å²) in [5.41, 5.74) is 6.64. The Labute approximate surface area is 107 Å². The second-order valence-corrected chi connectivity index (χ2v) is 4.07. The van der Waals surface area contributed by atoms with Gasteiger partial charge < -0.3 is 20.5 Å². The first-order chi connectivity index (χ1) is 8.58. The Morgan fingerprint density at radius 3 is 2.44 bits per heavy atom. The van der Waals surface area contributed by atoms with Crippen LogP contribution in [0.2, 0.25) is 0 Å². The summed E-state index contributed by atoms with van der Waals surface area (Å²) in [6.07, 6.45) is 0. The van der Waals surface area contributed by atoms with Crippen molar-refractivity contribution < 1.29 is 14.3 Å². The van der Waals surface area contributed by atoms with Gasteiger partial charge in [-0.2, -0.15) is 0 Å². The first-order valence-electron chi connectivity index (χ1n) is 5.77. The van der Waals surface area contributed by atoms with E-state index in [4.69, 9.17) is 15.2 Å². The second kappa shape index (κ2) is 6.98. The fourth-order valence-corrected chi connectivity index (χ4v) is 1.55. The number of carbonyl (C=O) groups excluding carboxylic acids is 1. The summed E-state index contributed by atoms with van der Waals surface area (Å²) in [4.78, 5) is 11.7. The van der Waals surface area contributed by atoms with Crippen molar-refractivity contribution in [1.29, 1.82) is 0 Å². The highest BCUT2D eigenvalue weighted by Crippen LogP contribution is 2.17. The molecule has 0 heterocycles. The summed E-state index contributed by atoms with van der Waals surface area (Å²) in [6.45, 7) is 2.11. The highest BCUT2D eigenvalue weighted by Gasteiger charge is 2.16. The van der Waals surface area contributed by atoms with Gasteiger partial charge in [0.05, 0.1) is 19.8 Å². The molecule has 1 unspecified atom stereocenters. The van der Waals surface area contributed by atoms with E-state index in [1.165, 1.54) is 7.11 Å². The maximum absolute atomic E-state index is 11.7. The van der Waals surface area contributed by atoms with Crippen LogP contribution in [0.1, 0.15) is 18.5 Å². The van der Waals surface area contributed by atoms with E-state index in [-0.39, 0.29) is 18.6 Å². The van der Waals surface area contributed by atoms with Crippen molar-refractivity contribution in [2.75, 3.05) is 20.8 Å². The van der Waals surface area contributed by atoms with E-state index >= 15 is 0 Å². The number of benzene rings is 1. The Bertz CT molecular complexity index is 378. The zero-order chi connectivity index (χ0) is 13.5. The lowest BCUT2D eigenvalue weighted by Gasteiger charge is -2.17. The summed E-state index contributed by atoms with van der Waals surface area (Å²) in [7, 11) is 3.13. The number of hydrogen-bond donors (Lipinski definition) is 2. The van der Waals surface area contributed by atoms with Gasteiger partial charge in [-0.3, -0.25) is 4.79 Å². The standard InChI is InChI=1S/C13H20N2O3/c1-9(15-13(16)12(14)8-17-2)10-4-6-11(18-3)7-5-10/h4-7,9,12H,8,14H2,1-3H3,(H,15,16)/t9-,12?/m0/s1. The van der Waals surface area contributed by atoms with Crippen LogP contribution in [0, 0.1) is 0 Å². The fourth-order valence-electron chi connectivity index (χ4n) is 1.55. The predicted octanol–water partition coefficient (Wildman–Crippen LogP) is 0.846. The van der Waals surface area contributed by atoms with Crippen LogP contribution in [0.4, 0.5) is 0 Å². The van der Waals surface area contributed by atoms with Crippen molar-refractivity contribution in [1.82, 2.24) is 5.32 Å². The van der Waals surface area contributed by atoms with Crippen molar-refractivity contribution in [3.63, 3.8) is 0 Å². The minimum Gasteiger partial charge on any atom is -0.497 e. The van der Waals surface area contributed by atoms with Crippen molar-refractivity contribution in [2.45, 2.75) is 19.0 Å². The Hall–Kier alpha value is -1.59. The molecule has 3 N–H and O–H groups in total. The molecule has 0 saturated carbocycles. The average Bonchev–Trinajstić information content (AvgIpc) is 2.39. The van der Waals surface area contributed by atoms with E-state index in [0.29, 0.717) is 0 Å². The average molecular weight is 252 g/mol. The molecule has 0 spiro atoms. The van der Waals surface area contributed by atoms with E-state index < -0.39 is 6.04 Å². The van der Waals surface area contributed by atoms with Gasteiger partial charge in [0, 0.05) is 7.11 Å². The van der Waals surface area contributed by atoms with E-state index in [9.17, 15) is 4.79 Å². The Kier molecular flexibility index (Phi) is 5.61. The molecule has 0 bridgehead atoms. The van der Waals surface area contributed by atoms with Gasteiger partial charge in [0.1, 0.15) is 11.8 Å². The summed E-state index contributed by atoms with van der Waals surface area (Å²) in [6, 6.07) is 6.78. The Morgan fingerprint density at radius 1 is 1.33 bits per heavy atom. The minimum atomic E-state index is -0.643. The molecular formula is C13H20N2O3. The van der Waals surface area contributed by atoms with E-state index in [1.54, 1.807) is 7.11 Å². The van der Waals surface area contributed by atoms with Gasteiger partial charge in [0.25, 0.3) is 0 Å². The van der Waals surface area contributed by atoms with Crippen LogP contribution in [-0.4, -0.2) is 32.8 Å². The molecule has 0 aliphatic carbocycles. The summed E-state index contributed by atoms with van der Waals surface area (Å²) in [5, 5.41) is 2.83. The van der Waals surface area contributed by atoms with Gasteiger partial charge in [-0.05, 0) is 24.6 Å². The van der Waals surface area contributed by atoms with Crippen LogP contribution >= 0.6 is 0 Å². The van der Waals surface area contributed by atoms with Crippen molar-refractivity contribution >= 4 is 5.91 Å². The number of hydrogen-bond acceptors (Lipinski definition) is 4. The van der Waals surface area contributed by atoms with Crippen molar-refractivity contribution in [3.8, 4) is 5.75 Å². The molecule has 0 aliphatic rings. The van der Waals surface area contributed by atoms with Gasteiger partial charge >= 0.3 is 0 Å². The molecule has 2 atom stereocenters. The number of amides is 1. The molecule has 1 aromatic carbocycles. The molecule has 18 heavy (non-hydrogen) atoms. The van der Waals surface area contributed by atoms with Gasteiger partial charge in [0.2, 0.25) is 5.91 Å². The maximum Gasteiger partial charge on any atom is 0.239 e. The molecule has 1 rings (SSSR count). The third-order valence-corrected chi connectivity index (χ3v) is 2.66. The molecule has 1 aromatic rings. The smallest absolute Gasteiger partial charge is 0.239 e. The third kappa shape index (κ3) is 4.01. The van der Waals surface area contributed by atoms with Crippen molar-refractivity contribution in [2.24, 2.45) is 5.73 Å². The predicted molar refractivity (Wildman–Crippen MR) is 69.4 cm³/mol. The molecule has 100 valence electrons. The van der Waals surface area contributed by atoms with Crippen LogP contribution in [0.5, 0.6) is 5.75 Å². The summed E-state index contributed by atoms with van der Waals surface area (Å²) >= 11 is 0. The SMILES string of the molecule is COCC(N)C(=O)N[C@@H](C)c1ccc(OC)cc1. The first-order valence-corrected chi connectivity index (χ1v) is 5.77. The van der Waals surface area contributed by atoms with E-state index in [2.05, 4.69) is 5.32 Å². The Balaban J connectivity index is 2.58.